The number of nitrogens with two attached hydrogens (primary N) is 1. The molecule has 1 aromatic heterocycles. The van der Waals surface area contributed by atoms with Crippen LogP contribution >= 0.6 is 0 Å². The predicted octanol–water partition coefficient (Wildman–Crippen LogP) is 0.757. The van der Waals surface area contributed by atoms with Crippen LogP contribution in [-0.4, -0.2) is 34.4 Å². The Labute approximate surface area is 113 Å². The number of nitrogens with zero attached hydrogens (tertiary/aromatic N) is 2. The fourth-order valence-corrected chi connectivity index (χ4v) is 2.32. The maximum atomic E-state index is 11.7. The molecule has 0 radical (unpaired) electrons. The summed E-state index contributed by atoms with van der Waals surface area (Å²) in [5, 5.41) is 7.26. The minimum Gasteiger partial charge on any atom is -0.370 e. The van der Waals surface area contributed by atoms with Gasteiger partial charge >= 0.3 is 0 Å². The smallest absolute Gasteiger partial charge is 0.236 e. The first-order valence-electron chi connectivity index (χ1n) is 6.71. The van der Waals surface area contributed by atoms with Gasteiger partial charge in [0.25, 0.3) is 0 Å². The molecule has 0 spiro atoms. The second-order valence-electron chi connectivity index (χ2n) is 5.28. The molecule has 19 heavy (non-hydrogen) atoms. The maximum absolute atomic E-state index is 11.7. The fraction of sp³-hybridized carbons (Fsp3) is 0.692. The molecule has 1 aliphatic heterocycles. The molecule has 106 valence electrons. The van der Waals surface area contributed by atoms with Crippen LogP contribution in [0.4, 0.5) is 0 Å². The van der Waals surface area contributed by atoms with Gasteiger partial charge in [-0.05, 0) is 33.3 Å². The molecule has 1 aromatic rings. The van der Waals surface area contributed by atoms with Gasteiger partial charge in [0, 0.05) is 18.8 Å². The molecule has 6 nitrogen and oxygen atoms in total. The molecule has 1 fully saturated rings. The van der Waals surface area contributed by atoms with Gasteiger partial charge in [0.15, 0.2) is 0 Å². The number of nitrogens with one attached hydrogen (secondary N) is 1. The summed E-state index contributed by atoms with van der Waals surface area (Å²) in [6, 6.07) is 1.67. The highest BCUT2D eigenvalue weighted by molar-refractivity contribution is 5.81. The van der Waals surface area contributed by atoms with Gasteiger partial charge in [0.05, 0.1) is 17.8 Å². The molecular weight excluding hydrogens is 244 g/mol. The predicted molar refractivity (Wildman–Crippen MR) is 71.5 cm³/mol. The van der Waals surface area contributed by atoms with Crippen LogP contribution in [0.5, 0.6) is 0 Å². The van der Waals surface area contributed by atoms with E-state index in [1.54, 1.807) is 13.1 Å². The van der Waals surface area contributed by atoms with Crippen LogP contribution in [0.15, 0.2) is 12.3 Å². The third-order valence-corrected chi connectivity index (χ3v) is 3.31. The topological polar surface area (TPSA) is 82.2 Å². The van der Waals surface area contributed by atoms with Gasteiger partial charge in [-0.25, -0.2) is 0 Å². The average Bonchev–Trinajstić information content (AvgIpc) is 2.95. The van der Waals surface area contributed by atoms with Crippen molar-refractivity contribution in [2.24, 2.45) is 5.73 Å². The summed E-state index contributed by atoms with van der Waals surface area (Å²) in [7, 11) is 0. The summed E-state index contributed by atoms with van der Waals surface area (Å²) in [5.74, 6) is -0.142. The van der Waals surface area contributed by atoms with Gasteiger partial charge in [-0.2, -0.15) is 5.10 Å². The van der Waals surface area contributed by atoms with Crippen molar-refractivity contribution >= 4 is 5.91 Å². The Morgan fingerprint density at radius 3 is 2.95 bits per heavy atom. The van der Waals surface area contributed by atoms with Gasteiger partial charge < -0.3 is 15.8 Å². The molecule has 1 amide bonds. The quantitative estimate of drug-likeness (QED) is 0.843. The first-order chi connectivity index (χ1) is 9.00. The second-order valence-corrected chi connectivity index (χ2v) is 5.28. The Morgan fingerprint density at radius 2 is 2.32 bits per heavy atom. The van der Waals surface area contributed by atoms with Crippen LogP contribution < -0.4 is 11.1 Å². The highest BCUT2D eigenvalue weighted by atomic mass is 16.5. The summed E-state index contributed by atoms with van der Waals surface area (Å²) < 4.78 is 7.70. The Balaban J connectivity index is 2.14. The zero-order chi connectivity index (χ0) is 14.0. The molecule has 3 atom stereocenters. The van der Waals surface area contributed by atoms with E-state index in [4.69, 9.17) is 10.5 Å². The summed E-state index contributed by atoms with van der Waals surface area (Å²) in [4.78, 5) is 11.7. The molecular formula is C13H22N4O2. The third-order valence-electron chi connectivity index (χ3n) is 3.31. The van der Waals surface area contributed by atoms with E-state index in [2.05, 4.69) is 24.3 Å². The first kappa shape index (κ1) is 14.0. The number of amides is 1. The highest BCUT2D eigenvalue weighted by Crippen LogP contribution is 2.30. The van der Waals surface area contributed by atoms with E-state index in [0.29, 0.717) is 6.61 Å². The van der Waals surface area contributed by atoms with Gasteiger partial charge in [0.2, 0.25) is 5.91 Å². The average molecular weight is 266 g/mol. The van der Waals surface area contributed by atoms with Crippen LogP contribution in [0.1, 0.15) is 45.0 Å². The lowest BCUT2D eigenvalue weighted by Crippen LogP contribution is -2.45. The number of rotatable bonds is 4. The molecule has 0 saturated carbocycles. The third kappa shape index (κ3) is 2.96. The van der Waals surface area contributed by atoms with Crippen molar-refractivity contribution in [2.45, 2.75) is 51.4 Å². The molecule has 1 aliphatic rings. The minimum absolute atomic E-state index is 0.0345. The molecule has 0 aliphatic carbocycles. The van der Waals surface area contributed by atoms with Crippen LogP contribution in [-0.2, 0) is 9.53 Å². The van der Waals surface area contributed by atoms with E-state index in [1.807, 2.05) is 10.7 Å². The van der Waals surface area contributed by atoms with Crippen LogP contribution in [0.2, 0.25) is 0 Å². The lowest BCUT2D eigenvalue weighted by Gasteiger charge is -2.23. The van der Waals surface area contributed by atoms with Crippen molar-refractivity contribution in [2.75, 3.05) is 6.61 Å². The standard InChI is InChI=1S/C13H22N4O2/c1-8(2)17-11(4-6-15-17)12-10(5-7-19-12)16-13(18)9(3)14/h4,6,8-10,12H,5,7,14H2,1-3H3,(H,16,18)/t9-,10+,12+/m1/s1. The summed E-state index contributed by atoms with van der Waals surface area (Å²) in [6.07, 6.45) is 2.42. The Bertz CT molecular complexity index is 442. The molecule has 3 N–H and O–H groups in total. The second kappa shape index (κ2) is 5.71. The lowest BCUT2D eigenvalue weighted by molar-refractivity contribution is -0.123. The van der Waals surface area contributed by atoms with Crippen LogP contribution in [0.25, 0.3) is 0 Å². The molecule has 0 unspecified atom stereocenters. The van der Waals surface area contributed by atoms with Crippen LogP contribution in [0.3, 0.4) is 0 Å². The van der Waals surface area contributed by atoms with Crippen molar-refractivity contribution in [3.63, 3.8) is 0 Å². The number of carbonyl (C=O) groups is 1. The Hall–Kier alpha value is -1.40. The molecule has 0 aromatic carbocycles. The summed E-state index contributed by atoms with van der Waals surface area (Å²) in [6.45, 7) is 6.46. The fourth-order valence-electron chi connectivity index (χ4n) is 2.32. The van der Waals surface area contributed by atoms with Gasteiger partial charge in [-0.3, -0.25) is 9.48 Å². The van der Waals surface area contributed by atoms with Gasteiger partial charge in [0.1, 0.15) is 6.10 Å². The van der Waals surface area contributed by atoms with E-state index < -0.39 is 6.04 Å². The SMILES string of the molecule is CC(C)n1nccc1[C@H]1OCC[C@@H]1NC(=O)[C@@H](C)N. The van der Waals surface area contributed by atoms with E-state index >= 15 is 0 Å². The number of hydrogen-bond acceptors (Lipinski definition) is 4. The monoisotopic (exact) mass is 266 g/mol. The van der Waals surface area contributed by atoms with E-state index in [0.717, 1.165) is 12.1 Å². The van der Waals surface area contributed by atoms with E-state index in [1.165, 1.54) is 0 Å². The van der Waals surface area contributed by atoms with E-state index in [-0.39, 0.29) is 24.1 Å². The van der Waals surface area contributed by atoms with Crippen molar-refractivity contribution in [1.29, 1.82) is 0 Å². The van der Waals surface area contributed by atoms with Crippen molar-refractivity contribution in [1.82, 2.24) is 15.1 Å². The number of carbonyl (C=O) groups excluding carboxylic acids is 1. The van der Waals surface area contributed by atoms with Crippen molar-refractivity contribution in [3.8, 4) is 0 Å². The first-order valence-corrected chi connectivity index (χ1v) is 6.71. The summed E-state index contributed by atoms with van der Waals surface area (Å²) >= 11 is 0. The van der Waals surface area contributed by atoms with E-state index in [9.17, 15) is 4.79 Å². The molecule has 6 heteroatoms. The summed E-state index contributed by atoms with van der Waals surface area (Å²) in [5.41, 5.74) is 6.59. The maximum Gasteiger partial charge on any atom is 0.236 e. The Morgan fingerprint density at radius 1 is 1.58 bits per heavy atom. The minimum atomic E-state index is -0.503. The molecule has 2 rings (SSSR count). The normalized spacial score (nSPS) is 24.7. The molecule has 1 saturated heterocycles. The number of ether oxygens (including phenoxy) is 1. The van der Waals surface area contributed by atoms with Crippen molar-refractivity contribution < 1.29 is 9.53 Å². The largest absolute Gasteiger partial charge is 0.370 e. The highest BCUT2D eigenvalue weighted by Gasteiger charge is 2.33. The Kier molecular flexibility index (Phi) is 4.21. The zero-order valence-corrected chi connectivity index (χ0v) is 11.7. The lowest BCUT2D eigenvalue weighted by atomic mass is 10.1. The van der Waals surface area contributed by atoms with Crippen molar-refractivity contribution in [3.05, 3.63) is 18.0 Å². The van der Waals surface area contributed by atoms with Crippen LogP contribution in [0, 0.1) is 0 Å². The number of hydrogen-bond donors (Lipinski definition) is 2. The molecule has 2 heterocycles. The number of aromatic nitrogens is 2. The zero-order valence-electron chi connectivity index (χ0n) is 11.7. The molecule has 0 bridgehead atoms. The van der Waals surface area contributed by atoms with Gasteiger partial charge in [-0.1, -0.05) is 0 Å². The van der Waals surface area contributed by atoms with Gasteiger partial charge in [-0.15, -0.1) is 0 Å².